The predicted octanol–water partition coefficient (Wildman–Crippen LogP) is 6.21. The number of benzene rings is 2. The molecule has 180 valence electrons. The van der Waals surface area contributed by atoms with Gasteiger partial charge in [-0.15, -0.1) is 0 Å². The highest BCUT2D eigenvalue weighted by molar-refractivity contribution is 7.99. The van der Waals surface area contributed by atoms with E-state index in [1.54, 1.807) is 38.1 Å². The summed E-state index contributed by atoms with van der Waals surface area (Å²) >= 11 is 1.52. The average Bonchev–Trinajstić information content (AvgIpc) is 3.34. The lowest BCUT2D eigenvalue weighted by Crippen LogP contribution is -2.15. The normalized spacial score (nSPS) is 11.4. The van der Waals surface area contributed by atoms with Crippen LogP contribution in [0.1, 0.15) is 33.1 Å². The van der Waals surface area contributed by atoms with Crippen LogP contribution in [0.3, 0.4) is 0 Å². The molecule has 8 nitrogen and oxygen atoms in total. The molecule has 0 bridgehead atoms. The van der Waals surface area contributed by atoms with E-state index in [-0.39, 0.29) is 11.3 Å². The number of aryl methyl sites for hydroxylation is 3. The molecule has 0 saturated heterocycles. The Kier molecular flexibility index (Phi) is 6.90. The summed E-state index contributed by atoms with van der Waals surface area (Å²) in [6.45, 7) is 7.50. The Morgan fingerprint density at radius 1 is 1.00 bits per heavy atom. The van der Waals surface area contributed by atoms with Gasteiger partial charge in [0.25, 0.3) is 11.6 Å². The first-order valence-corrected chi connectivity index (χ1v) is 11.9. The second-order valence-corrected chi connectivity index (χ2v) is 9.47. The van der Waals surface area contributed by atoms with Gasteiger partial charge in [-0.1, -0.05) is 11.8 Å². The van der Waals surface area contributed by atoms with E-state index in [1.807, 2.05) is 50.2 Å². The smallest absolute Gasteiger partial charge is 0.289 e. The largest absolute Gasteiger partial charge is 0.318 e. The van der Waals surface area contributed by atoms with Crippen LogP contribution in [0.5, 0.6) is 0 Å². The maximum Gasteiger partial charge on any atom is 0.289 e. The minimum atomic E-state index is -0.458. The fraction of sp³-hybridized carbons (Fsp3) is 0.148. The number of rotatable bonds is 6. The SMILES string of the molecule is Cc1cc(C)n(C(=O)/C(C#N)=C/c2cc(C)n(-c3ccc(Sc4ccc([N+](=O)[O-])cc4)cc3)c2C)n1. The second-order valence-electron chi connectivity index (χ2n) is 8.32. The first-order valence-electron chi connectivity index (χ1n) is 11.1. The standard InChI is InChI=1S/C27H23N5O3S/c1-17-13-19(3)31(29-17)27(33)22(16-28)15-21-14-18(2)30(20(21)4)23-5-9-25(10-6-23)36-26-11-7-24(8-12-26)32(34)35/h5-15H,1-4H3/b22-15+. The van der Waals surface area contributed by atoms with Crippen LogP contribution in [0.4, 0.5) is 5.69 Å². The number of aromatic nitrogens is 3. The van der Waals surface area contributed by atoms with E-state index in [1.165, 1.54) is 28.6 Å². The van der Waals surface area contributed by atoms with Gasteiger partial charge in [0.1, 0.15) is 11.6 Å². The van der Waals surface area contributed by atoms with Crippen LogP contribution < -0.4 is 0 Å². The van der Waals surface area contributed by atoms with Crippen LogP contribution in [0.25, 0.3) is 11.8 Å². The highest BCUT2D eigenvalue weighted by atomic mass is 32.2. The summed E-state index contributed by atoms with van der Waals surface area (Å²) in [4.78, 5) is 25.2. The van der Waals surface area contributed by atoms with Crippen molar-refractivity contribution in [1.82, 2.24) is 14.3 Å². The Balaban J connectivity index is 1.59. The third-order valence-electron chi connectivity index (χ3n) is 5.70. The Morgan fingerprint density at radius 2 is 1.61 bits per heavy atom. The number of nitrogens with zero attached hydrogens (tertiary/aromatic N) is 5. The molecule has 0 spiro atoms. The van der Waals surface area contributed by atoms with E-state index in [0.717, 1.165) is 32.4 Å². The van der Waals surface area contributed by atoms with Crippen molar-refractivity contribution in [2.45, 2.75) is 37.5 Å². The summed E-state index contributed by atoms with van der Waals surface area (Å²) in [7, 11) is 0. The number of carbonyl (C=O) groups is 1. The van der Waals surface area contributed by atoms with Crippen LogP contribution in [0, 0.1) is 49.1 Å². The average molecular weight is 498 g/mol. The van der Waals surface area contributed by atoms with E-state index >= 15 is 0 Å². The van der Waals surface area contributed by atoms with E-state index in [9.17, 15) is 20.2 Å². The van der Waals surface area contributed by atoms with Gasteiger partial charge in [0, 0.05) is 44.7 Å². The van der Waals surface area contributed by atoms with Crippen molar-refractivity contribution in [3.63, 3.8) is 0 Å². The monoisotopic (exact) mass is 497 g/mol. The van der Waals surface area contributed by atoms with Crippen LogP contribution in [-0.4, -0.2) is 25.2 Å². The summed E-state index contributed by atoms with van der Waals surface area (Å²) in [5.74, 6) is -0.458. The first-order chi connectivity index (χ1) is 17.2. The highest BCUT2D eigenvalue weighted by Crippen LogP contribution is 2.31. The van der Waals surface area contributed by atoms with Gasteiger partial charge in [0.2, 0.25) is 0 Å². The summed E-state index contributed by atoms with van der Waals surface area (Å²) in [5.41, 5.74) is 5.06. The van der Waals surface area contributed by atoms with E-state index in [0.29, 0.717) is 11.4 Å². The lowest BCUT2D eigenvalue weighted by Gasteiger charge is -2.11. The Morgan fingerprint density at radius 3 is 2.14 bits per heavy atom. The maximum atomic E-state index is 12.9. The van der Waals surface area contributed by atoms with Crippen molar-refractivity contribution in [3.05, 3.63) is 105 Å². The van der Waals surface area contributed by atoms with Crippen LogP contribution >= 0.6 is 11.8 Å². The molecule has 9 heteroatoms. The van der Waals surface area contributed by atoms with Crippen LogP contribution in [0.15, 0.2) is 76.0 Å². The molecule has 2 heterocycles. The Labute approximate surface area is 212 Å². The van der Waals surface area contributed by atoms with Crippen LogP contribution in [0.2, 0.25) is 0 Å². The molecule has 2 aromatic heterocycles. The molecule has 4 aromatic rings. The van der Waals surface area contributed by atoms with Crippen molar-refractivity contribution in [2.24, 2.45) is 0 Å². The number of allylic oxidation sites excluding steroid dienone is 1. The first kappa shape index (κ1) is 24.7. The van der Waals surface area contributed by atoms with Crippen molar-refractivity contribution >= 4 is 29.4 Å². The van der Waals surface area contributed by atoms with Crippen molar-refractivity contribution < 1.29 is 9.72 Å². The minimum absolute atomic E-state index is 0.0105. The zero-order valence-electron chi connectivity index (χ0n) is 20.2. The van der Waals surface area contributed by atoms with Gasteiger partial charge in [-0.25, -0.2) is 4.68 Å². The molecule has 0 saturated carbocycles. The maximum absolute atomic E-state index is 12.9. The highest BCUT2D eigenvalue weighted by Gasteiger charge is 2.17. The number of carbonyl (C=O) groups excluding carboxylic acids is 1. The summed E-state index contributed by atoms with van der Waals surface area (Å²) < 4.78 is 3.32. The summed E-state index contributed by atoms with van der Waals surface area (Å²) in [5, 5.41) is 24.7. The molecule has 0 unspecified atom stereocenters. The fourth-order valence-electron chi connectivity index (χ4n) is 4.01. The lowest BCUT2D eigenvalue weighted by atomic mass is 10.1. The number of nitro groups is 1. The third-order valence-corrected chi connectivity index (χ3v) is 6.72. The molecule has 0 aliphatic heterocycles. The van der Waals surface area contributed by atoms with Gasteiger partial charge in [0.05, 0.1) is 10.6 Å². The van der Waals surface area contributed by atoms with Crippen molar-refractivity contribution in [3.8, 4) is 11.8 Å². The van der Waals surface area contributed by atoms with E-state index < -0.39 is 10.8 Å². The predicted molar refractivity (Wildman–Crippen MR) is 138 cm³/mol. The van der Waals surface area contributed by atoms with Gasteiger partial charge < -0.3 is 4.57 Å². The molecule has 4 rings (SSSR count). The number of nitro benzene ring substituents is 1. The molecule has 2 aromatic carbocycles. The molecule has 0 aliphatic carbocycles. The molecule has 0 radical (unpaired) electrons. The molecular weight excluding hydrogens is 474 g/mol. The minimum Gasteiger partial charge on any atom is -0.318 e. The fourth-order valence-corrected chi connectivity index (χ4v) is 4.83. The Bertz CT molecular complexity index is 1540. The quantitative estimate of drug-likeness (QED) is 0.136. The van der Waals surface area contributed by atoms with Crippen LogP contribution in [-0.2, 0) is 0 Å². The number of nitriles is 1. The van der Waals surface area contributed by atoms with Gasteiger partial charge in [-0.05, 0) is 87.9 Å². The zero-order valence-corrected chi connectivity index (χ0v) is 21.0. The number of non-ortho nitro benzene ring substituents is 1. The van der Waals surface area contributed by atoms with E-state index in [2.05, 4.69) is 9.67 Å². The van der Waals surface area contributed by atoms with E-state index in [4.69, 9.17) is 0 Å². The summed E-state index contributed by atoms with van der Waals surface area (Å²) in [6, 6.07) is 20.2. The van der Waals surface area contributed by atoms with Gasteiger partial charge >= 0.3 is 0 Å². The van der Waals surface area contributed by atoms with Gasteiger partial charge in [-0.2, -0.15) is 10.4 Å². The Hall–Kier alpha value is -4.42. The molecule has 0 amide bonds. The number of hydrogen-bond acceptors (Lipinski definition) is 6. The lowest BCUT2D eigenvalue weighted by molar-refractivity contribution is -0.384. The van der Waals surface area contributed by atoms with Gasteiger partial charge in [-0.3, -0.25) is 14.9 Å². The zero-order chi connectivity index (χ0) is 26.0. The molecule has 0 N–H and O–H groups in total. The van der Waals surface area contributed by atoms with Gasteiger partial charge in [0.15, 0.2) is 0 Å². The number of hydrogen-bond donors (Lipinski definition) is 0. The van der Waals surface area contributed by atoms with Crippen molar-refractivity contribution in [2.75, 3.05) is 0 Å². The second kappa shape index (κ2) is 10.1. The third kappa shape index (κ3) is 4.99. The molecule has 0 fully saturated rings. The topological polar surface area (TPSA) is 107 Å². The molecular formula is C27H23N5O3S. The van der Waals surface area contributed by atoms with Crippen molar-refractivity contribution in [1.29, 1.82) is 5.26 Å². The summed E-state index contributed by atoms with van der Waals surface area (Å²) in [6.07, 6.45) is 1.61. The molecule has 0 aliphatic rings. The molecule has 0 atom stereocenters. The molecule has 36 heavy (non-hydrogen) atoms.